The van der Waals surface area contributed by atoms with Crippen molar-refractivity contribution in [2.45, 2.75) is 20.8 Å². The van der Waals surface area contributed by atoms with Crippen molar-refractivity contribution < 1.29 is 9.34 Å². The average molecular weight is 268 g/mol. The molecular formula is C13H14ClNO3. The Morgan fingerprint density at radius 1 is 1.22 bits per heavy atom. The van der Waals surface area contributed by atoms with Crippen molar-refractivity contribution in [1.29, 1.82) is 0 Å². The van der Waals surface area contributed by atoms with Crippen molar-refractivity contribution in [3.63, 3.8) is 0 Å². The maximum absolute atomic E-state index is 10.5. The first-order valence-electron chi connectivity index (χ1n) is 5.58. The minimum absolute atomic E-state index is 0.0305. The lowest BCUT2D eigenvalue weighted by molar-refractivity contribution is -0.384. The van der Waals surface area contributed by atoms with Crippen molar-refractivity contribution in [3.8, 4) is 11.3 Å². The summed E-state index contributed by atoms with van der Waals surface area (Å²) in [5.41, 5.74) is 0.623. The molecule has 2 rings (SSSR count). The van der Waals surface area contributed by atoms with Crippen LogP contribution in [0, 0.1) is 17.0 Å². The molecule has 0 amide bonds. The Labute approximate surface area is 110 Å². The Kier molecular flexibility index (Phi) is 4.92. The van der Waals surface area contributed by atoms with Gasteiger partial charge < -0.3 is 4.42 Å². The maximum atomic E-state index is 10.5. The number of aryl methyl sites for hydroxylation is 1. The van der Waals surface area contributed by atoms with E-state index < -0.39 is 4.92 Å². The highest BCUT2D eigenvalue weighted by Crippen LogP contribution is 2.31. The molecular weight excluding hydrogens is 254 g/mol. The van der Waals surface area contributed by atoms with E-state index in [4.69, 9.17) is 16.0 Å². The van der Waals surface area contributed by atoms with Crippen LogP contribution in [-0.4, -0.2) is 4.92 Å². The number of non-ortho nitro benzene ring substituents is 1. The second-order valence-corrected chi connectivity index (χ2v) is 3.74. The summed E-state index contributed by atoms with van der Waals surface area (Å²) < 4.78 is 5.40. The van der Waals surface area contributed by atoms with Crippen molar-refractivity contribution in [1.82, 2.24) is 0 Å². The van der Waals surface area contributed by atoms with Crippen LogP contribution in [0.15, 0.2) is 34.7 Å². The molecule has 0 spiro atoms. The molecule has 0 saturated heterocycles. The van der Waals surface area contributed by atoms with Gasteiger partial charge in [0.2, 0.25) is 0 Å². The molecule has 2 aromatic rings. The number of halogens is 1. The highest BCUT2D eigenvalue weighted by molar-refractivity contribution is 6.33. The molecule has 1 aromatic heterocycles. The molecule has 0 bridgehead atoms. The summed E-state index contributed by atoms with van der Waals surface area (Å²) in [5, 5.41) is 10.8. The van der Waals surface area contributed by atoms with Crippen LogP contribution < -0.4 is 0 Å². The SMILES string of the molecule is CC.Cc1ccc(-c2ccc([N+](=O)[O-])cc2Cl)o1. The summed E-state index contributed by atoms with van der Waals surface area (Å²) >= 11 is 5.95. The normalized spacial score (nSPS) is 9.56. The Morgan fingerprint density at radius 3 is 2.33 bits per heavy atom. The van der Waals surface area contributed by atoms with Gasteiger partial charge in [-0.2, -0.15) is 0 Å². The van der Waals surface area contributed by atoms with Gasteiger partial charge in [-0.25, -0.2) is 0 Å². The fourth-order valence-electron chi connectivity index (χ4n) is 1.40. The lowest BCUT2D eigenvalue weighted by atomic mass is 10.1. The molecule has 0 saturated carbocycles. The highest BCUT2D eigenvalue weighted by Gasteiger charge is 2.12. The minimum Gasteiger partial charge on any atom is -0.461 e. The molecule has 0 radical (unpaired) electrons. The number of hydrogen-bond donors (Lipinski definition) is 0. The second-order valence-electron chi connectivity index (χ2n) is 3.33. The molecule has 0 aliphatic rings. The third-order valence-electron chi connectivity index (χ3n) is 2.17. The smallest absolute Gasteiger partial charge is 0.270 e. The van der Waals surface area contributed by atoms with Crippen LogP contribution in [0.2, 0.25) is 5.02 Å². The first-order chi connectivity index (χ1) is 8.58. The number of nitrogens with zero attached hydrogens (tertiary/aromatic N) is 1. The summed E-state index contributed by atoms with van der Waals surface area (Å²) in [5.74, 6) is 1.38. The summed E-state index contributed by atoms with van der Waals surface area (Å²) in [6, 6.07) is 7.89. The van der Waals surface area contributed by atoms with Gasteiger partial charge in [-0.1, -0.05) is 25.4 Å². The average Bonchev–Trinajstić information content (AvgIpc) is 2.78. The molecule has 0 atom stereocenters. The number of nitro groups is 1. The standard InChI is InChI=1S/C11H8ClNO3.C2H6/c1-7-2-5-11(16-7)9-4-3-8(13(14)15)6-10(9)12;1-2/h2-6H,1H3;1-2H3. The van der Waals surface area contributed by atoms with Crippen LogP contribution in [-0.2, 0) is 0 Å². The van der Waals surface area contributed by atoms with Crippen molar-refractivity contribution in [2.75, 3.05) is 0 Å². The predicted molar refractivity (Wildman–Crippen MR) is 71.9 cm³/mol. The molecule has 0 N–H and O–H groups in total. The summed E-state index contributed by atoms with van der Waals surface area (Å²) in [6.45, 7) is 5.82. The zero-order valence-electron chi connectivity index (χ0n) is 10.4. The van der Waals surface area contributed by atoms with E-state index in [1.54, 1.807) is 12.1 Å². The highest BCUT2D eigenvalue weighted by atomic mass is 35.5. The molecule has 96 valence electrons. The van der Waals surface area contributed by atoms with Gasteiger partial charge in [-0.15, -0.1) is 0 Å². The number of rotatable bonds is 2. The molecule has 1 heterocycles. The quantitative estimate of drug-likeness (QED) is 0.578. The zero-order valence-corrected chi connectivity index (χ0v) is 11.2. The van der Waals surface area contributed by atoms with Crippen LogP contribution >= 0.6 is 11.6 Å². The summed E-state index contributed by atoms with van der Waals surface area (Å²) in [4.78, 5) is 10.0. The lowest BCUT2D eigenvalue weighted by Gasteiger charge is -2.00. The van der Waals surface area contributed by atoms with Gasteiger partial charge in [0.25, 0.3) is 5.69 Å². The van der Waals surface area contributed by atoms with Gasteiger partial charge in [0.15, 0.2) is 0 Å². The molecule has 5 heteroatoms. The lowest BCUT2D eigenvalue weighted by Crippen LogP contribution is -1.88. The van der Waals surface area contributed by atoms with E-state index in [0.717, 1.165) is 5.76 Å². The predicted octanol–water partition coefficient (Wildman–Crippen LogP) is 4.84. The topological polar surface area (TPSA) is 56.3 Å². The maximum Gasteiger partial charge on any atom is 0.270 e. The second kappa shape index (κ2) is 6.21. The molecule has 1 aromatic carbocycles. The van der Waals surface area contributed by atoms with Gasteiger partial charge >= 0.3 is 0 Å². The van der Waals surface area contributed by atoms with E-state index in [0.29, 0.717) is 16.3 Å². The molecule has 18 heavy (non-hydrogen) atoms. The Morgan fingerprint density at radius 2 is 1.89 bits per heavy atom. The van der Waals surface area contributed by atoms with E-state index in [-0.39, 0.29) is 5.69 Å². The van der Waals surface area contributed by atoms with E-state index >= 15 is 0 Å². The van der Waals surface area contributed by atoms with E-state index in [1.807, 2.05) is 26.8 Å². The Hall–Kier alpha value is -1.81. The van der Waals surface area contributed by atoms with E-state index in [1.165, 1.54) is 12.1 Å². The minimum atomic E-state index is -0.483. The molecule has 4 nitrogen and oxygen atoms in total. The van der Waals surface area contributed by atoms with E-state index in [9.17, 15) is 10.1 Å². The summed E-state index contributed by atoms with van der Waals surface area (Å²) in [6.07, 6.45) is 0. The fourth-order valence-corrected chi connectivity index (χ4v) is 1.66. The molecule has 0 aliphatic heterocycles. The molecule has 0 aliphatic carbocycles. The van der Waals surface area contributed by atoms with Crippen LogP contribution in [0.1, 0.15) is 19.6 Å². The third kappa shape index (κ3) is 3.11. The first kappa shape index (κ1) is 14.3. The number of hydrogen-bond acceptors (Lipinski definition) is 3. The summed E-state index contributed by atoms with van der Waals surface area (Å²) in [7, 11) is 0. The Bertz CT molecular complexity index is 549. The van der Waals surface area contributed by atoms with Crippen LogP contribution in [0.3, 0.4) is 0 Å². The van der Waals surface area contributed by atoms with Gasteiger partial charge in [-0.3, -0.25) is 10.1 Å². The third-order valence-corrected chi connectivity index (χ3v) is 2.48. The monoisotopic (exact) mass is 267 g/mol. The number of nitro benzene ring substituents is 1. The molecule has 0 fully saturated rings. The van der Waals surface area contributed by atoms with E-state index in [2.05, 4.69) is 0 Å². The van der Waals surface area contributed by atoms with Gasteiger partial charge in [0.1, 0.15) is 11.5 Å². The van der Waals surface area contributed by atoms with Gasteiger partial charge in [-0.05, 0) is 25.1 Å². The fraction of sp³-hybridized carbons (Fsp3) is 0.231. The van der Waals surface area contributed by atoms with Crippen LogP contribution in [0.4, 0.5) is 5.69 Å². The van der Waals surface area contributed by atoms with Crippen molar-refractivity contribution in [2.24, 2.45) is 0 Å². The van der Waals surface area contributed by atoms with Gasteiger partial charge in [0, 0.05) is 17.7 Å². The number of furan rings is 1. The van der Waals surface area contributed by atoms with Crippen LogP contribution in [0.25, 0.3) is 11.3 Å². The van der Waals surface area contributed by atoms with Crippen LogP contribution in [0.5, 0.6) is 0 Å². The largest absolute Gasteiger partial charge is 0.461 e. The Balaban J connectivity index is 0.000000771. The van der Waals surface area contributed by atoms with Crippen molar-refractivity contribution >= 4 is 17.3 Å². The first-order valence-corrected chi connectivity index (χ1v) is 5.96. The van der Waals surface area contributed by atoms with Gasteiger partial charge in [0.05, 0.1) is 9.95 Å². The van der Waals surface area contributed by atoms with Crippen molar-refractivity contribution in [3.05, 3.63) is 51.2 Å². The number of benzene rings is 1. The molecule has 0 unspecified atom stereocenters. The zero-order chi connectivity index (χ0) is 13.7.